The third kappa shape index (κ3) is 1.90. The van der Waals surface area contributed by atoms with Crippen LogP contribution in [0.5, 0.6) is 5.88 Å². The van der Waals surface area contributed by atoms with Gasteiger partial charge in [0.15, 0.2) is 11.6 Å². The molecule has 0 aliphatic heterocycles. The van der Waals surface area contributed by atoms with Crippen LogP contribution < -0.4 is 4.74 Å². The third-order valence-electron chi connectivity index (χ3n) is 2.13. The fraction of sp³-hybridized carbons (Fsp3) is 0.182. The molecule has 0 saturated heterocycles. The van der Waals surface area contributed by atoms with Gasteiger partial charge in [-0.2, -0.15) is 4.98 Å². The van der Waals surface area contributed by atoms with E-state index in [0.717, 1.165) is 9.86 Å². The highest BCUT2D eigenvalue weighted by Crippen LogP contribution is 2.25. The Balaban J connectivity index is 2.78. The van der Waals surface area contributed by atoms with Crippen molar-refractivity contribution in [2.24, 2.45) is 0 Å². The molecule has 2 rings (SSSR count). The summed E-state index contributed by atoms with van der Waals surface area (Å²) in [4.78, 5) is 19.5. The predicted octanol–water partition coefficient (Wildman–Crippen LogP) is 2.60. The zero-order valence-electron chi connectivity index (χ0n) is 8.82. The molecule has 2 aromatic rings. The van der Waals surface area contributed by atoms with Crippen molar-refractivity contribution in [3.05, 3.63) is 28.5 Å². The van der Waals surface area contributed by atoms with Crippen LogP contribution in [0.25, 0.3) is 10.9 Å². The van der Waals surface area contributed by atoms with Crippen molar-refractivity contribution in [1.29, 1.82) is 0 Å². The highest BCUT2D eigenvalue weighted by Gasteiger charge is 2.11. The van der Waals surface area contributed by atoms with E-state index in [1.54, 1.807) is 0 Å². The molecule has 0 atom stereocenters. The van der Waals surface area contributed by atoms with Crippen LogP contribution in [0.2, 0.25) is 0 Å². The van der Waals surface area contributed by atoms with Gasteiger partial charge in [0.25, 0.3) is 0 Å². The predicted molar refractivity (Wildman–Crippen MR) is 63.8 cm³/mol. The number of ketones is 1. The average molecular weight is 281 g/mol. The standard InChI is InChI=1S/C11H9BrN2O2/c1-6(15)10-13-9-4-3-7(12)5-8(9)11(14-10)16-2/h3-5H,1-2H3. The lowest BCUT2D eigenvalue weighted by molar-refractivity contribution is 0.100. The van der Waals surface area contributed by atoms with Crippen LogP contribution in [-0.4, -0.2) is 22.9 Å². The Hall–Kier alpha value is -1.49. The Morgan fingerprint density at radius 1 is 1.38 bits per heavy atom. The van der Waals surface area contributed by atoms with E-state index >= 15 is 0 Å². The molecular formula is C11H9BrN2O2. The van der Waals surface area contributed by atoms with Crippen LogP contribution in [0.3, 0.4) is 0 Å². The maximum atomic E-state index is 11.2. The number of aromatic nitrogens is 2. The SMILES string of the molecule is COc1nc(C(C)=O)nc2ccc(Br)cc12. The highest BCUT2D eigenvalue weighted by atomic mass is 79.9. The molecule has 5 heteroatoms. The second-order valence-corrected chi connectivity index (χ2v) is 4.19. The third-order valence-corrected chi connectivity index (χ3v) is 2.62. The van der Waals surface area contributed by atoms with Crippen LogP contribution in [0.4, 0.5) is 0 Å². The highest BCUT2D eigenvalue weighted by molar-refractivity contribution is 9.10. The summed E-state index contributed by atoms with van der Waals surface area (Å²) in [5.74, 6) is 0.409. The van der Waals surface area contributed by atoms with Crippen LogP contribution in [0.15, 0.2) is 22.7 Å². The number of hydrogen-bond donors (Lipinski definition) is 0. The summed E-state index contributed by atoms with van der Waals surface area (Å²) in [5, 5.41) is 0.780. The summed E-state index contributed by atoms with van der Waals surface area (Å²) in [5.41, 5.74) is 0.695. The smallest absolute Gasteiger partial charge is 0.224 e. The monoisotopic (exact) mass is 280 g/mol. The van der Waals surface area contributed by atoms with Crippen molar-refractivity contribution in [2.75, 3.05) is 7.11 Å². The zero-order valence-corrected chi connectivity index (χ0v) is 10.4. The summed E-state index contributed by atoms with van der Waals surface area (Å²) in [6, 6.07) is 5.53. The lowest BCUT2D eigenvalue weighted by Gasteiger charge is -2.05. The molecule has 0 aliphatic rings. The first-order chi connectivity index (χ1) is 7.61. The number of ether oxygens (including phenoxy) is 1. The van der Waals surface area contributed by atoms with Crippen molar-refractivity contribution in [1.82, 2.24) is 9.97 Å². The maximum Gasteiger partial charge on any atom is 0.224 e. The molecule has 0 unspecified atom stereocenters. The van der Waals surface area contributed by atoms with E-state index in [-0.39, 0.29) is 11.6 Å². The fourth-order valence-corrected chi connectivity index (χ4v) is 1.75. The van der Waals surface area contributed by atoms with Crippen LogP contribution in [-0.2, 0) is 0 Å². The lowest BCUT2D eigenvalue weighted by Crippen LogP contribution is -2.03. The number of benzene rings is 1. The molecule has 0 spiro atoms. The number of fused-ring (bicyclic) bond motifs is 1. The molecule has 82 valence electrons. The molecule has 0 radical (unpaired) electrons. The summed E-state index contributed by atoms with van der Waals surface area (Å²) < 4.78 is 6.06. The van der Waals surface area contributed by atoms with Gasteiger partial charge in [0.05, 0.1) is 18.0 Å². The van der Waals surface area contributed by atoms with Gasteiger partial charge in [-0.05, 0) is 18.2 Å². The second kappa shape index (κ2) is 4.17. The molecular weight excluding hydrogens is 272 g/mol. The Bertz CT molecular complexity index is 569. The fourth-order valence-electron chi connectivity index (χ4n) is 1.39. The zero-order chi connectivity index (χ0) is 11.7. The normalized spacial score (nSPS) is 10.4. The number of rotatable bonds is 2. The summed E-state index contributed by atoms with van der Waals surface area (Å²) >= 11 is 3.37. The summed E-state index contributed by atoms with van der Waals surface area (Å²) in [6.07, 6.45) is 0. The Kier molecular flexibility index (Phi) is 2.87. The Labute approximate surface area is 101 Å². The van der Waals surface area contributed by atoms with Crippen LogP contribution >= 0.6 is 15.9 Å². The van der Waals surface area contributed by atoms with E-state index in [1.807, 2.05) is 18.2 Å². The minimum atomic E-state index is -0.178. The number of carbonyl (C=O) groups is 1. The van der Waals surface area contributed by atoms with Crippen molar-refractivity contribution >= 4 is 32.6 Å². The number of Topliss-reactive ketones (excluding diaryl/α,β-unsaturated/α-hetero) is 1. The van der Waals surface area contributed by atoms with Gasteiger partial charge < -0.3 is 4.74 Å². The van der Waals surface area contributed by atoms with Crippen molar-refractivity contribution in [3.63, 3.8) is 0 Å². The van der Waals surface area contributed by atoms with Gasteiger partial charge in [-0.1, -0.05) is 15.9 Å². The van der Waals surface area contributed by atoms with E-state index < -0.39 is 0 Å². The Morgan fingerprint density at radius 2 is 2.12 bits per heavy atom. The van der Waals surface area contributed by atoms with Gasteiger partial charge in [0, 0.05) is 11.4 Å². The lowest BCUT2D eigenvalue weighted by atomic mass is 10.2. The van der Waals surface area contributed by atoms with Crippen LogP contribution in [0.1, 0.15) is 17.5 Å². The quantitative estimate of drug-likeness (QED) is 0.794. The van der Waals surface area contributed by atoms with E-state index in [1.165, 1.54) is 14.0 Å². The number of carbonyl (C=O) groups excluding carboxylic acids is 1. The molecule has 1 aromatic heterocycles. The van der Waals surface area contributed by atoms with E-state index in [4.69, 9.17) is 4.74 Å². The number of nitrogens with zero attached hydrogens (tertiary/aromatic N) is 2. The molecule has 4 nitrogen and oxygen atoms in total. The molecule has 0 amide bonds. The first kappa shape index (κ1) is 11.0. The first-order valence-corrected chi connectivity index (χ1v) is 5.43. The van der Waals surface area contributed by atoms with Crippen molar-refractivity contribution < 1.29 is 9.53 Å². The largest absolute Gasteiger partial charge is 0.480 e. The second-order valence-electron chi connectivity index (χ2n) is 3.27. The number of hydrogen-bond acceptors (Lipinski definition) is 4. The molecule has 0 bridgehead atoms. The van der Waals surface area contributed by atoms with Gasteiger partial charge in [-0.25, -0.2) is 4.98 Å². The topological polar surface area (TPSA) is 52.1 Å². The molecule has 0 aliphatic carbocycles. The summed E-state index contributed by atoms with van der Waals surface area (Å²) in [7, 11) is 1.52. The molecule has 0 N–H and O–H groups in total. The average Bonchev–Trinajstić information content (AvgIpc) is 2.27. The molecule has 0 fully saturated rings. The van der Waals surface area contributed by atoms with Gasteiger partial charge in [-0.3, -0.25) is 4.79 Å². The Morgan fingerprint density at radius 3 is 2.75 bits per heavy atom. The molecule has 1 aromatic carbocycles. The number of halogens is 1. The van der Waals surface area contributed by atoms with E-state index in [0.29, 0.717) is 11.4 Å². The minimum absolute atomic E-state index is 0.173. The van der Waals surface area contributed by atoms with Gasteiger partial charge in [-0.15, -0.1) is 0 Å². The minimum Gasteiger partial charge on any atom is -0.480 e. The first-order valence-electron chi connectivity index (χ1n) is 4.64. The summed E-state index contributed by atoms with van der Waals surface area (Å²) in [6.45, 7) is 1.43. The van der Waals surface area contributed by atoms with Gasteiger partial charge >= 0.3 is 0 Å². The molecule has 0 saturated carbocycles. The van der Waals surface area contributed by atoms with Gasteiger partial charge in [0.1, 0.15) is 0 Å². The maximum absolute atomic E-state index is 11.2. The van der Waals surface area contributed by atoms with Crippen molar-refractivity contribution in [2.45, 2.75) is 6.92 Å². The van der Waals surface area contributed by atoms with Gasteiger partial charge in [0.2, 0.25) is 5.88 Å². The van der Waals surface area contributed by atoms with E-state index in [9.17, 15) is 4.79 Å². The number of methoxy groups -OCH3 is 1. The molecule has 16 heavy (non-hydrogen) atoms. The molecule has 1 heterocycles. The van der Waals surface area contributed by atoms with Crippen molar-refractivity contribution in [3.8, 4) is 5.88 Å². The van der Waals surface area contributed by atoms with Crippen LogP contribution in [0, 0.1) is 0 Å². The van der Waals surface area contributed by atoms with E-state index in [2.05, 4.69) is 25.9 Å².